The highest BCUT2D eigenvalue weighted by atomic mass is 32.2. The van der Waals surface area contributed by atoms with Crippen LogP contribution in [0, 0.1) is 0 Å². The second-order valence-corrected chi connectivity index (χ2v) is 13.1. The number of allylic oxidation sites excluding steroid dienone is 9. The van der Waals surface area contributed by atoms with Crippen molar-refractivity contribution in [2.24, 2.45) is 0 Å². The van der Waals surface area contributed by atoms with E-state index in [0.717, 1.165) is 0 Å². The summed E-state index contributed by atoms with van der Waals surface area (Å²) in [6.45, 7) is 5.32. The molecule has 0 N–H and O–H groups in total. The van der Waals surface area contributed by atoms with Crippen molar-refractivity contribution in [2.45, 2.75) is 26.0 Å². The molecule has 9 heteroatoms. The van der Waals surface area contributed by atoms with Crippen molar-refractivity contribution in [1.82, 2.24) is 0 Å². The molecule has 0 aliphatic carbocycles. The van der Waals surface area contributed by atoms with Crippen LogP contribution in [0.15, 0.2) is 72.9 Å². The van der Waals surface area contributed by atoms with E-state index in [0.29, 0.717) is 0 Å². The predicted molar refractivity (Wildman–Crippen MR) is 127 cm³/mol. The molecule has 0 aromatic rings. The molecule has 0 aliphatic rings. The van der Waals surface area contributed by atoms with Crippen molar-refractivity contribution in [3.8, 4) is 0 Å². The fourth-order valence-corrected chi connectivity index (χ4v) is 8.41. The molecule has 0 unspecified atom stereocenters. The number of sulfone groups is 3. The Kier molecular flexibility index (Phi) is 13.5. The number of hydrogen-bond donors (Lipinski definition) is 0. The Morgan fingerprint density at radius 3 is 1.20 bits per heavy atom. The van der Waals surface area contributed by atoms with E-state index in [4.69, 9.17) is 0 Å². The highest BCUT2D eigenvalue weighted by Crippen LogP contribution is 2.12. The van der Waals surface area contributed by atoms with Crippen molar-refractivity contribution in [2.75, 3.05) is 28.8 Å². The van der Waals surface area contributed by atoms with E-state index in [-0.39, 0.29) is 11.5 Å². The molecule has 170 valence electrons. The second kappa shape index (κ2) is 14.3. The first-order valence-electron chi connectivity index (χ1n) is 9.45. The van der Waals surface area contributed by atoms with E-state index < -0.39 is 52.0 Å². The van der Waals surface area contributed by atoms with Gasteiger partial charge in [0.1, 0.15) is 0 Å². The Bertz CT molecular complexity index is 935. The first-order valence-corrected chi connectivity index (χ1v) is 14.8. The molecule has 0 saturated carbocycles. The first-order chi connectivity index (χ1) is 14.0. The van der Waals surface area contributed by atoms with Gasteiger partial charge in [0.05, 0.1) is 34.0 Å². The van der Waals surface area contributed by atoms with E-state index >= 15 is 0 Å². The maximum Gasteiger partial charge on any atom is 0.158 e. The highest BCUT2D eigenvalue weighted by Gasteiger charge is 2.33. The van der Waals surface area contributed by atoms with Crippen LogP contribution in [-0.2, 0) is 29.5 Å². The summed E-state index contributed by atoms with van der Waals surface area (Å²) in [5.41, 5.74) is 0. The Hall–Kier alpha value is -1.71. The maximum absolute atomic E-state index is 12.7. The van der Waals surface area contributed by atoms with Crippen molar-refractivity contribution in [1.29, 1.82) is 0 Å². The summed E-state index contributed by atoms with van der Waals surface area (Å²) < 4.78 is 75.2. The van der Waals surface area contributed by atoms with Crippen LogP contribution in [0.4, 0.5) is 0 Å². The van der Waals surface area contributed by atoms with Crippen molar-refractivity contribution in [3.63, 3.8) is 0 Å². The number of hydrogen-bond acceptors (Lipinski definition) is 6. The van der Waals surface area contributed by atoms with Crippen LogP contribution in [0.3, 0.4) is 0 Å². The molecule has 0 atom stereocenters. The maximum atomic E-state index is 12.7. The topological polar surface area (TPSA) is 102 Å². The van der Waals surface area contributed by atoms with Crippen LogP contribution in [0.5, 0.6) is 0 Å². The van der Waals surface area contributed by atoms with Crippen LogP contribution in [0.2, 0.25) is 0 Å². The van der Waals surface area contributed by atoms with Gasteiger partial charge < -0.3 is 0 Å². The van der Waals surface area contributed by atoms with Gasteiger partial charge in [-0.15, -0.1) is 0 Å². The summed E-state index contributed by atoms with van der Waals surface area (Å²) in [6.07, 6.45) is 18.9. The fraction of sp³-hybridized carbons (Fsp3) is 0.429. The van der Waals surface area contributed by atoms with Gasteiger partial charge in [0.15, 0.2) is 29.5 Å². The molecule has 6 nitrogen and oxygen atoms in total. The Labute approximate surface area is 182 Å². The van der Waals surface area contributed by atoms with Gasteiger partial charge in [-0.1, -0.05) is 72.9 Å². The van der Waals surface area contributed by atoms with Crippen LogP contribution in [0.1, 0.15) is 20.8 Å². The van der Waals surface area contributed by atoms with Crippen molar-refractivity contribution < 1.29 is 25.3 Å². The zero-order chi connectivity index (χ0) is 23.1. The van der Waals surface area contributed by atoms with E-state index in [2.05, 4.69) is 0 Å². The number of rotatable bonds is 14. The van der Waals surface area contributed by atoms with Gasteiger partial charge in [-0.05, 0) is 20.8 Å². The summed E-state index contributed by atoms with van der Waals surface area (Å²) in [4.78, 5) is 0. The SMILES string of the molecule is CC=CC=CCS(=O)(=O)CC(CS(=O)(=O)CC=CC=CC)S(=O)(=O)CC=CC=CC. The summed E-state index contributed by atoms with van der Waals surface area (Å²) in [5.74, 6) is -2.65. The lowest BCUT2D eigenvalue weighted by Gasteiger charge is -2.16. The van der Waals surface area contributed by atoms with Gasteiger partial charge in [-0.2, -0.15) is 0 Å². The zero-order valence-corrected chi connectivity index (χ0v) is 20.2. The smallest absolute Gasteiger partial charge is 0.158 e. The molecular weight excluding hydrogens is 444 g/mol. The average Bonchev–Trinajstić information content (AvgIpc) is 2.65. The Morgan fingerprint density at radius 2 is 0.867 bits per heavy atom. The molecule has 0 rings (SSSR count). The van der Waals surface area contributed by atoms with Gasteiger partial charge in [-0.3, -0.25) is 0 Å². The van der Waals surface area contributed by atoms with Crippen LogP contribution >= 0.6 is 0 Å². The first kappa shape index (κ1) is 28.3. The third-order valence-electron chi connectivity index (χ3n) is 3.74. The molecule has 0 bridgehead atoms. The lowest BCUT2D eigenvalue weighted by atomic mass is 10.5. The molecule has 0 saturated heterocycles. The Morgan fingerprint density at radius 1 is 0.533 bits per heavy atom. The molecule has 0 aromatic heterocycles. The monoisotopic (exact) mass is 476 g/mol. The van der Waals surface area contributed by atoms with Gasteiger partial charge in [0.2, 0.25) is 0 Å². The van der Waals surface area contributed by atoms with E-state index in [9.17, 15) is 25.3 Å². The molecule has 0 fully saturated rings. The lowest BCUT2D eigenvalue weighted by Crippen LogP contribution is -2.38. The van der Waals surface area contributed by atoms with E-state index in [1.165, 1.54) is 24.3 Å². The summed E-state index contributed by atoms with van der Waals surface area (Å²) in [5, 5.41) is -1.53. The molecule has 0 radical (unpaired) electrons. The molecule has 0 spiro atoms. The van der Waals surface area contributed by atoms with Crippen molar-refractivity contribution >= 4 is 29.5 Å². The van der Waals surface area contributed by atoms with Crippen LogP contribution in [-0.4, -0.2) is 59.3 Å². The molecule has 0 aliphatic heterocycles. The second-order valence-electron chi connectivity index (χ2n) is 6.47. The average molecular weight is 477 g/mol. The quantitative estimate of drug-likeness (QED) is 0.357. The van der Waals surface area contributed by atoms with Gasteiger partial charge in [0.25, 0.3) is 0 Å². The predicted octanol–water partition coefficient (Wildman–Crippen LogP) is 3.00. The Balaban J connectivity index is 5.69. The third kappa shape index (κ3) is 13.5. The van der Waals surface area contributed by atoms with Crippen LogP contribution < -0.4 is 0 Å². The normalized spacial score (nSPS) is 15.7. The molecule has 0 aromatic carbocycles. The van der Waals surface area contributed by atoms with E-state index in [1.807, 2.05) is 0 Å². The third-order valence-corrected chi connectivity index (χ3v) is 9.38. The van der Waals surface area contributed by atoms with E-state index in [1.54, 1.807) is 69.4 Å². The summed E-state index contributed by atoms with van der Waals surface area (Å²) >= 11 is 0. The standard InChI is InChI=1S/C21H32O6S3/c1-4-7-10-13-16-28(22,23)19-21(30(26,27)18-15-12-9-6-3)20-29(24,25)17-14-11-8-5-2/h4-15,21H,16-20H2,1-3H3. The fourth-order valence-electron chi connectivity index (χ4n) is 2.26. The van der Waals surface area contributed by atoms with Gasteiger partial charge >= 0.3 is 0 Å². The largest absolute Gasteiger partial charge is 0.228 e. The minimum absolute atomic E-state index is 0.362. The summed E-state index contributed by atoms with van der Waals surface area (Å²) in [6, 6.07) is 0. The lowest BCUT2D eigenvalue weighted by molar-refractivity contribution is 0.574. The van der Waals surface area contributed by atoms with Crippen LogP contribution in [0.25, 0.3) is 0 Å². The summed E-state index contributed by atoms with van der Waals surface area (Å²) in [7, 11) is -11.6. The zero-order valence-electron chi connectivity index (χ0n) is 17.7. The molecule has 0 amide bonds. The molecule has 0 heterocycles. The molecular formula is C21H32O6S3. The minimum atomic E-state index is -3.99. The van der Waals surface area contributed by atoms with Gasteiger partial charge in [-0.25, -0.2) is 25.3 Å². The van der Waals surface area contributed by atoms with Crippen molar-refractivity contribution in [3.05, 3.63) is 72.9 Å². The van der Waals surface area contributed by atoms with Gasteiger partial charge in [0, 0.05) is 0 Å². The highest BCUT2D eigenvalue weighted by molar-refractivity contribution is 7.97. The minimum Gasteiger partial charge on any atom is -0.228 e. The molecule has 30 heavy (non-hydrogen) atoms.